The van der Waals surface area contributed by atoms with Crippen molar-refractivity contribution in [3.05, 3.63) is 23.8 Å². The maximum absolute atomic E-state index is 14.5. The molecule has 25 heteroatoms. The number of primary amides is 2. The Balaban J connectivity index is 2.14. The van der Waals surface area contributed by atoms with E-state index in [4.69, 9.17) is 17.2 Å². The third-order valence-electron chi connectivity index (χ3n) is 10.6. The van der Waals surface area contributed by atoms with Crippen LogP contribution in [0.1, 0.15) is 77.2 Å². The molecule has 3 rings (SSSR count). The van der Waals surface area contributed by atoms with Crippen molar-refractivity contribution in [2.24, 2.45) is 23.3 Å². The highest BCUT2D eigenvalue weighted by Gasteiger charge is 2.44. The number of carboxylic acid groups (broad SMARTS) is 2. The van der Waals surface area contributed by atoms with Crippen molar-refractivity contribution in [2.75, 3.05) is 23.8 Å². The van der Waals surface area contributed by atoms with Crippen molar-refractivity contribution in [2.45, 2.75) is 114 Å². The summed E-state index contributed by atoms with van der Waals surface area (Å²) < 4.78 is 0. The molecule has 0 bridgehead atoms. The van der Waals surface area contributed by atoms with Crippen LogP contribution in [0.3, 0.4) is 0 Å². The number of amides is 9. The van der Waals surface area contributed by atoms with Gasteiger partial charge < -0.3 is 69.7 Å². The van der Waals surface area contributed by atoms with Gasteiger partial charge in [-0.3, -0.25) is 52.7 Å². The van der Waals surface area contributed by atoms with E-state index in [1.807, 2.05) is 0 Å². The number of benzene rings is 1. The first-order valence-electron chi connectivity index (χ1n) is 20.8. The molecule has 0 unspecified atom stereocenters. The summed E-state index contributed by atoms with van der Waals surface area (Å²) >= 11 is 0.754. The van der Waals surface area contributed by atoms with Crippen molar-refractivity contribution >= 4 is 82.6 Å². The second kappa shape index (κ2) is 24.4. The number of aromatic hydroxyl groups is 1. The summed E-state index contributed by atoms with van der Waals surface area (Å²) in [5, 5.41) is 46.7. The first-order chi connectivity index (χ1) is 30.5. The van der Waals surface area contributed by atoms with Gasteiger partial charge in [0, 0.05) is 31.6 Å². The predicted molar refractivity (Wildman–Crippen MR) is 231 cm³/mol. The zero-order valence-electron chi connectivity index (χ0n) is 35.9. The molecule has 1 aromatic carbocycles. The molecule has 2 aliphatic rings. The van der Waals surface area contributed by atoms with Crippen molar-refractivity contribution in [3.8, 4) is 5.75 Å². The molecule has 0 radical (unpaired) electrons. The van der Waals surface area contributed by atoms with E-state index in [-0.39, 0.29) is 55.3 Å². The van der Waals surface area contributed by atoms with Crippen LogP contribution in [0.15, 0.2) is 18.2 Å². The van der Waals surface area contributed by atoms with Crippen molar-refractivity contribution in [1.29, 1.82) is 0 Å². The standard InChI is InChI=1S/C40H58N10O14S/c1-19(2)12-23-34(57)48-24(14-20-6-7-28(51)22(41)13-20)36(59)50-40(9-4-3-5-10-40)39(64)49-26(16-29(42)52)33(56)44-11-8-30(53)46-27(32(43)55)17-65-18-31(54)45-25(35(58)47-23)15-21(37(60)61)38(62)63/h6-7,13,19,21,23-27,51H,3-5,8-12,14-18,41H2,1-2H3,(H2,42,52)(H2,43,55)(H,44,56)(H,45,54)(H,46,53)(H,47,58)(H,48,57)(H,49,64)(H,50,59)(H,60,61)(H,62,63)/t23-,24-,25-,26-,27+/m0/s1. The van der Waals surface area contributed by atoms with E-state index in [0.29, 0.717) is 24.8 Å². The number of anilines is 1. The number of rotatable bonds is 11. The van der Waals surface area contributed by atoms with Crippen molar-refractivity contribution in [3.63, 3.8) is 0 Å². The summed E-state index contributed by atoms with van der Waals surface area (Å²) in [6, 6.07) is -3.80. The maximum atomic E-state index is 14.5. The van der Waals surface area contributed by atoms with Crippen LogP contribution in [-0.2, 0) is 59.2 Å². The molecule has 16 N–H and O–H groups in total. The monoisotopic (exact) mass is 934 g/mol. The summed E-state index contributed by atoms with van der Waals surface area (Å²) in [4.78, 5) is 144. The number of thioether (sulfide) groups is 1. The van der Waals surface area contributed by atoms with Crippen LogP contribution >= 0.6 is 11.8 Å². The van der Waals surface area contributed by atoms with E-state index < -0.39 is 132 Å². The minimum atomic E-state index is -2.20. The highest BCUT2D eigenvalue weighted by atomic mass is 32.2. The van der Waals surface area contributed by atoms with E-state index >= 15 is 0 Å². The largest absolute Gasteiger partial charge is 0.506 e. The number of phenolic OH excluding ortho intramolecular Hbond substituents is 1. The Bertz CT molecular complexity index is 1980. The third-order valence-corrected chi connectivity index (χ3v) is 11.6. The van der Waals surface area contributed by atoms with Crippen LogP contribution in [0.25, 0.3) is 0 Å². The predicted octanol–water partition coefficient (Wildman–Crippen LogP) is -3.40. The van der Waals surface area contributed by atoms with Gasteiger partial charge in [-0.05, 0) is 42.9 Å². The second-order valence-corrected chi connectivity index (χ2v) is 17.4. The highest BCUT2D eigenvalue weighted by molar-refractivity contribution is 8.00. The number of aliphatic carboxylic acids is 2. The lowest BCUT2D eigenvalue weighted by Crippen LogP contribution is -2.66. The van der Waals surface area contributed by atoms with Crippen LogP contribution in [-0.4, -0.2) is 134 Å². The lowest BCUT2D eigenvalue weighted by molar-refractivity contribution is -0.155. The minimum absolute atomic E-state index is 0.0502. The number of carboxylic acids is 2. The minimum Gasteiger partial charge on any atom is -0.506 e. The lowest BCUT2D eigenvalue weighted by atomic mass is 9.80. The quantitative estimate of drug-likeness (QED) is 0.0584. The number of nitrogens with one attached hydrogen (secondary N) is 7. The number of phenols is 1. The van der Waals surface area contributed by atoms with Gasteiger partial charge >= 0.3 is 11.9 Å². The molecule has 1 heterocycles. The topological polar surface area (TPSA) is 411 Å². The summed E-state index contributed by atoms with van der Waals surface area (Å²) in [5.74, 6) is -15.8. The molecule has 5 atom stereocenters. The fraction of sp³-hybridized carbons (Fsp3) is 0.575. The van der Waals surface area contributed by atoms with Crippen molar-refractivity contribution in [1.82, 2.24) is 37.2 Å². The van der Waals surface area contributed by atoms with Crippen molar-refractivity contribution < 1.29 is 68.1 Å². The molecule has 0 aromatic heterocycles. The molecular formula is C40H58N10O14S. The van der Waals surface area contributed by atoms with Gasteiger partial charge in [0.1, 0.15) is 41.5 Å². The van der Waals surface area contributed by atoms with Crippen LogP contribution in [0.5, 0.6) is 5.75 Å². The van der Waals surface area contributed by atoms with E-state index in [9.17, 15) is 68.1 Å². The highest BCUT2D eigenvalue weighted by Crippen LogP contribution is 2.30. The molecular weight excluding hydrogens is 877 g/mol. The normalized spacial score (nSPS) is 23.6. The Morgan fingerprint density at radius 3 is 1.95 bits per heavy atom. The molecule has 1 spiro atoms. The van der Waals surface area contributed by atoms with E-state index in [2.05, 4.69) is 37.2 Å². The average molecular weight is 935 g/mol. The average Bonchev–Trinajstić information content (AvgIpc) is 3.21. The van der Waals surface area contributed by atoms with Crippen LogP contribution < -0.4 is 54.4 Å². The van der Waals surface area contributed by atoms with E-state index in [0.717, 1.165) is 11.8 Å². The molecule has 65 heavy (non-hydrogen) atoms. The Morgan fingerprint density at radius 1 is 0.769 bits per heavy atom. The fourth-order valence-electron chi connectivity index (χ4n) is 7.18. The Kier molecular flexibility index (Phi) is 19.8. The molecule has 9 amide bonds. The zero-order chi connectivity index (χ0) is 48.6. The first-order valence-corrected chi connectivity index (χ1v) is 22.0. The van der Waals surface area contributed by atoms with Gasteiger partial charge in [-0.15, -0.1) is 11.8 Å². The number of carbonyl (C=O) groups is 11. The third kappa shape index (κ3) is 16.4. The number of hydrogen-bond donors (Lipinski definition) is 13. The lowest BCUT2D eigenvalue weighted by Gasteiger charge is -2.38. The smallest absolute Gasteiger partial charge is 0.317 e. The van der Waals surface area contributed by atoms with Crippen LogP contribution in [0, 0.1) is 11.8 Å². The number of hydrogen-bond acceptors (Lipinski definition) is 14. The van der Waals surface area contributed by atoms with Crippen LogP contribution in [0.4, 0.5) is 5.69 Å². The first kappa shape index (κ1) is 52.7. The number of carbonyl (C=O) groups excluding carboxylic acids is 9. The molecule has 1 aromatic rings. The number of nitrogens with two attached hydrogens (primary N) is 3. The van der Waals surface area contributed by atoms with Crippen LogP contribution in [0.2, 0.25) is 0 Å². The van der Waals surface area contributed by atoms with Gasteiger partial charge in [0.05, 0.1) is 17.9 Å². The maximum Gasteiger partial charge on any atom is 0.317 e. The van der Waals surface area contributed by atoms with Gasteiger partial charge in [-0.1, -0.05) is 39.2 Å². The number of nitrogen functional groups attached to an aromatic ring is 1. The van der Waals surface area contributed by atoms with Gasteiger partial charge in [-0.25, -0.2) is 0 Å². The Morgan fingerprint density at radius 2 is 1.38 bits per heavy atom. The molecule has 1 saturated heterocycles. The Hall–Kier alpha value is -6.66. The fourth-order valence-corrected chi connectivity index (χ4v) is 8.05. The van der Waals surface area contributed by atoms with Gasteiger partial charge in [-0.2, -0.15) is 0 Å². The molecule has 2 fully saturated rings. The van der Waals surface area contributed by atoms with Gasteiger partial charge in [0.2, 0.25) is 53.2 Å². The summed E-state index contributed by atoms with van der Waals surface area (Å²) in [5.41, 5.74) is 15.4. The molecule has 1 aliphatic carbocycles. The second-order valence-electron chi connectivity index (χ2n) is 16.3. The Labute approximate surface area is 377 Å². The van der Waals surface area contributed by atoms with Gasteiger partial charge in [0.25, 0.3) is 0 Å². The summed E-state index contributed by atoms with van der Waals surface area (Å²) in [6.07, 6.45) is -0.868. The summed E-state index contributed by atoms with van der Waals surface area (Å²) in [7, 11) is 0. The molecule has 24 nitrogen and oxygen atoms in total. The molecule has 1 saturated carbocycles. The van der Waals surface area contributed by atoms with E-state index in [1.165, 1.54) is 18.2 Å². The SMILES string of the molecule is CC(C)C[C@@H]1NC(=O)[C@H](CC(C(=O)O)C(=O)O)NC(=O)CSC[C@H](C(N)=O)NC(=O)CCNC(=O)[C@H](CC(N)=O)NC(=O)C2(CCCCC2)NC(=O)[C@H](Cc2ccc(O)c(N)c2)NC1=O. The zero-order valence-corrected chi connectivity index (χ0v) is 36.8. The van der Waals surface area contributed by atoms with E-state index in [1.54, 1.807) is 13.8 Å². The molecule has 358 valence electrons. The van der Waals surface area contributed by atoms with Gasteiger partial charge in [0.15, 0.2) is 5.92 Å². The summed E-state index contributed by atoms with van der Waals surface area (Å²) in [6.45, 7) is 3.02. The molecule has 1 aliphatic heterocycles.